The summed E-state index contributed by atoms with van der Waals surface area (Å²) in [5.74, 6) is 0.770. The lowest BCUT2D eigenvalue weighted by Gasteiger charge is -2.30. The minimum absolute atomic E-state index is 0.0598. The molecule has 5 heteroatoms. The number of hydrogen-bond donors (Lipinski definition) is 2. The summed E-state index contributed by atoms with van der Waals surface area (Å²) in [6, 6.07) is 8.12. The molecule has 0 aliphatic rings. The van der Waals surface area contributed by atoms with E-state index < -0.39 is 0 Å². The zero-order valence-electron chi connectivity index (χ0n) is 12.5. The highest BCUT2D eigenvalue weighted by Crippen LogP contribution is 2.10. The van der Waals surface area contributed by atoms with Crippen LogP contribution in [0.25, 0.3) is 11.0 Å². The van der Waals surface area contributed by atoms with Crippen LogP contribution >= 0.6 is 0 Å². The van der Waals surface area contributed by atoms with E-state index in [0.29, 0.717) is 6.54 Å². The monoisotopic (exact) mass is 274 g/mol. The number of aromatic nitrogens is 2. The minimum atomic E-state index is -0.0598. The summed E-state index contributed by atoms with van der Waals surface area (Å²) in [5, 5.41) is 2.92. The van der Waals surface area contributed by atoms with Crippen LogP contribution in [0.5, 0.6) is 0 Å². The van der Waals surface area contributed by atoms with Gasteiger partial charge in [0, 0.05) is 12.1 Å². The van der Waals surface area contributed by atoms with Crippen LogP contribution in [0.3, 0.4) is 0 Å². The van der Waals surface area contributed by atoms with Gasteiger partial charge in [-0.25, -0.2) is 9.78 Å². The summed E-state index contributed by atoms with van der Waals surface area (Å²) >= 11 is 0. The summed E-state index contributed by atoms with van der Waals surface area (Å²) in [7, 11) is 0. The molecule has 2 rings (SSSR count). The van der Waals surface area contributed by atoms with Gasteiger partial charge in [0.1, 0.15) is 5.82 Å². The fourth-order valence-electron chi connectivity index (χ4n) is 2.41. The average molecular weight is 274 g/mol. The molecule has 20 heavy (non-hydrogen) atoms. The zero-order chi connectivity index (χ0) is 14.7. The second kappa shape index (κ2) is 5.94. The first-order valence-corrected chi connectivity index (χ1v) is 6.99. The van der Waals surface area contributed by atoms with Crippen LogP contribution in [0.4, 0.5) is 4.79 Å². The molecule has 0 aliphatic carbocycles. The van der Waals surface area contributed by atoms with E-state index in [-0.39, 0.29) is 18.1 Å². The standard InChI is InChI=1S/C15H22N4O/c1-10(2)19(11(3)4)15(20)16-9-14-17-12-7-5-6-8-13(12)18-14/h5-8,10-11H,9H2,1-4H3,(H,16,20)(H,17,18). The van der Waals surface area contributed by atoms with Gasteiger partial charge in [0.2, 0.25) is 0 Å². The molecule has 0 aliphatic heterocycles. The van der Waals surface area contributed by atoms with Gasteiger partial charge >= 0.3 is 6.03 Å². The fourth-order valence-corrected chi connectivity index (χ4v) is 2.41. The van der Waals surface area contributed by atoms with E-state index >= 15 is 0 Å². The average Bonchev–Trinajstić information content (AvgIpc) is 2.78. The predicted octanol–water partition coefficient (Wildman–Crippen LogP) is 2.89. The lowest BCUT2D eigenvalue weighted by Crippen LogP contribution is -2.47. The Labute approximate surface area is 119 Å². The molecule has 0 saturated heterocycles. The van der Waals surface area contributed by atoms with E-state index in [4.69, 9.17) is 0 Å². The van der Waals surface area contributed by atoms with Crippen molar-refractivity contribution in [3.63, 3.8) is 0 Å². The second-order valence-corrected chi connectivity index (χ2v) is 5.45. The van der Waals surface area contributed by atoms with Crippen molar-refractivity contribution in [2.45, 2.75) is 46.3 Å². The van der Waals surface area contributed by atoms with Gasteiger partial charge in [-0.2, -0.15) is 0 Å². The summed E-state index contributed by atoms with van der Waals surface area (Å²) in [6.07, 6.45) is 0. The quantitative estimate of drug-likeness (QED) is 0.900. The zero-order valence-corrected chi connectivity index (χ0v) is 12.5. The van der Waals surface area contributed by atoms with Crippen molar-refractivity contribution in [1.82, 2.24) is 20.2 Å². The summed E-state index contributed by atoms with van der Waals surface area (Å²) in [5.41, 5.74) is 1.91. The Kier molecular flexibility index (Phi) is 4.27. The molecule has 0 saturated carbocycles. The van der Waals surface area contributed by atoms with Gasteiger partial charge in [-0.3, -0.25) is 0 Å². The highest BCUT2D eigenvalue weighted by molar-refractivity contribution is 5.76. The number of carbonyl (C=O) groups is 1. The number of amides is 2. The Morgan fingerprint density at radius 3 is 2.50 bits per heavy atom. The van der Waals surface area contributed by atoms with Crippen LogP contribution in [0.2, 0.25) is 0 Å². The molecule has 1 heterocycles. The molecule has 0 spiro atoms. The first kappa shape index (κ1) is 14.4. The number of H-pyrrole nitrogens is 1. The Hall–Kier alpha value is -2.04. The number of nitrogens with zero attached hydrogens (tertiary/aromatic N) is 2. The Balaban J connectivity index is 2.02. The number of fused-ring (bicyclic) bond motifs is 1. The molecular weight excluding hydrogens is 252 g/mol. The molecule has 0 radical (unpaired) electrons. The molecule has 1 aromatic carbocycles. The van der Waals surface area contributed by atoms with E-state index in [1.165, 1.54) is 0 Å². The van der Waals surface area contributed by atoms with Crippen molar-refractivity contribution in [2.24, 2.45) is 0 Å². The number of urea groups is 1. The summed E-state index contributed by atoms with van der Waals surface area (Å²) in [6.45, 7) is 8.46. The molecule has 0 atom stereocenters. The van der Waals surface area contributed by atoms with Crippen LogP contribution in [-0.4, -0.2) is 33.0 Å². The van der Waals surface area contributed by atoms with E-state index in [1.807, 2.05) is 56.9 Å². The molecule has 0 bridgehead atoms. The maximum absolute atomic E-state index is 12.2. The molecule has 108 valence electrons. The molecule has 5 nitrogen and oxygen atoms in total. The highest BCUT2D eigenvalue weighted by atomic mass is 16.2. The Morgan fingerprint density at radius 1 is 1.25 bits per heavy atom. The molecule has 0 unspecified atom stereocenters. The van der Waals surface area contributed by atoms with Crippen molar-refractivity contribution in [1.29, 1.82) is 0 Å². The largest absolute Gasteiger partial charge is 0.340 e. The molecule has 2 amide bonds. The summed E-state index contributed by atoms with van der Waals surface area (Å²) < 4.78 is 0. The van der Waals surface area contributed by atoms with E-state index in [0.717, 1.165) is 16.9 Å². The third-order valence-electron chi connectivity index (χ3n) is 3.19. The number of nitrogens with one attached hydrogen (secondary N) is 2. The van der Waals surface area contributed by atoms with Crippen LogP contribution in [-0.2, 0) is 6.54 Å². The number of imidazole rings is 1. The molecule has 0 fully saturated rings. The van der Waals surface area contributed by atoms with Crippen molar-refractivity contribution in [3.8, 4) is 0 Å². The Morgan fingerprint density at radius 2 is 1.90 bits per heavy atom. The van der Waals surface area contributed by atoms with Gasteiger partial charge < -0.3 is 15.2 Å². The van der Waals surface area contributed by atoms with Crippen molar-refractivity contribution in [3.05, 3.63) is 30.1 Å². The molecule has 2 N–H and O–H groups in total. The maximum Gasteiger partial charge on any atom is 0.318 e. The SMILES string of the molecule is CC(C)N(C(=O)NCc1nc2ccccc2[nH]1)C(C)C. The van der Waals surface area contributed by atoms with Crippen molar-refractivity contribution in [2.75, 3.05) is 0 Å². The van der Waals surface area contributed by atoms with Gasteiger partial charge in [-0.15, -0.1) is 0 Å². The predicted molar refractivity (Wildman–Crippen MR) is 80.4 cm³/mol. The van der Waals surface area contributed by atoms with E-state index in [2.05, 4.69) is 15.3 Å². The number of rotatable bonds is 4. The maximum atomic E-state index is 12.2. The molecule has 2 aromatic rings. The lowest BCUT2D eigenvalue weighted by atomic mass is 10.2. The van der Waals surface area contributed by atoms with Gasteiger partial charge in [-0.05, 0) is 39.8 Å². The highest BCUT2D eigenvalue weighted by Gasteiger charge is 2.19. The minimum Gasteiger partial charge on any atom is -0.340 e. The van der Waals surface area contributed by atoms with Crippen molar-refractivity contribution >= 4 is 17.1 Å². The number of para-hydroxylation sites is 2. The summed E-state index contributed by atoms with van der Waals surface area (Å²) in [4.78, 5) is 21.7. The van der Waals surface area contributed by atoms with Crippen LogP contribution < -0.4 is 5.32 Å². The van der Waals surface area contributed by atoms with Gasteiger partial charge in [0.15, 0.2) is 0 Å². The van der Waals surface area contributed by atoms with Crippen LogP contribution in [0, 0.1) is 0 Å². The van der Waals surface area contributed by atoms with Crippen molar-refractivity contribution < 1.29 is 4.79 Å². The first-order valence-electron chi connectivity index (χ1n) is 6.99. The smallest absolute Gasteiger partial charge is 0.318 e. The normalized spacial score (nSPS) is 11.3. The van der Waals surface area contributed by atoms with Gasteiger partial charge in [0.05, 0.1) is 17.6 Å². The van der Waals surface area contributed by atoms with Gasteiger partial charge in [-0.1, -0.05) is 12.1 Å². The lowest BCUT2D eigenvalue weighted by molar-refractivity contribution is 0.164. The number of aromatic amines is 1. The number of benzene rings is 1. The van der Waals surface area contributed by atoms with E-state index in [9.17, 15) is 4.79 Å². The number of carbonyl (C=O) groups excluding carboxylic acids is 1. The topological polar surface area (TPSA) is 61.0 Å². The van der Waals surface area contributed by atoms with E-state index in [1.54, 1.807) is 0 Å². The third kappa shape index (κ3) is 3.10. The Bertz CT molecular complexity index is 547. The second-order valence-electron chi connectivity index (χ2n) is 5.45. The first-order chi connectivity index (χ1) is 9.49. The third-order valence-corrected chi connectivity index (χ3v) is 3.19. The van der Waals surface area contributed by atoms with Crippen LogP contribution in [0.1, 0.15) is 33.5 Å². The molecule has 1 aromatic heterocycles. The fraction of sp³-hybridized carbons (Fsp3) is 0.467. The number of hydrogen-bond acceptors (Lipinski definition) is 2. The van der Waals surface area contributed by atoms with Crippen LogP contribution in [0.15, 0.2) is 24.3 Å². The van der Waals surface area contributed by atoms with Gasteiger partial charge in [0.25, 0.3) is 0 Å². The molecular formula is C15H22N4O.